The zero-order chi connectivity index (χ0) is 22.2. The molecule has 0 unspecified atom stereocenters. The Balaban J connectivity index is 1.78. The molecule has 3 rings (SSSR count). The van der Waals surface area contributed by atoms with Gasteiger partial charge in [0.25, 0.3) is 0 Å². The number of aromatic nitrogens is 1. The Morgan fingerprint density at radius 2 is 1.77 bits per heavy atom. The van der Waals surface area contributed by atoms with Gasteiger partial charge in [-0.1, -0.05) is 47.5 Å². The summed E-state index contributed by atoms with van der Waals surface area (Å²) in [6.45, 7) is 0.684. The normalized spacial score (nSPS) is 10.8. The van der Waals surface area contributed by atoms with E-state index in [4.69, 9.17) is 27.9 Å². The Hall–Kier alpha value is -3.15. The maximum absolute atomic E-state index is 13.0. The first-order chi connectivity index (χ1) is 15.0. The molecule has 0 spiro atoms. The second kappa shape index (κ2) is 10.8. The molecule has 31 heavy (non-hydrogen) atoms. The van der Waals surface area contributed by atoms with Crippen molar-refractivity contribution in [2.45, 2.75) is 13.1 Å². The van der Waals surface area contributed by atoms with Crippen molar-refractivity contribution in [1.29, 1.82) is 0 Å². The topological polar surface area (TPSA) is 59.5 Å². The van der Waals surface area contributed by atoms with E-state index in [1.807, 2.05) is 24.3 Å². The molecule has 0 aliphatic carbocycles. The van der Waals surface area contributed by atoms with E-state index >= 15 is 0 Å². The molecule has 1 heterocycles. The van der Waals surface area contributed by atoms with Crippen molar-refractivity contribution >= 4 is 41.2 Å². The average molecular weight is 455 g/mol. The van der Waals surface area contributed by atoms with Crippen LogP contribution in [0.15, 0.2) is 72.9 Å². The number of rotatable bonds is 7. The van der Waals surface area contributed by atoms with Crippen LogP contribution in [0.1, 0.15) is 27.2 Å². The first-order valence-electron chi connectivity index (χ1n) is 9.45. The van der Waals surface area contributed by atoms with Crippen LogP contribution in [-0.4, -0.2) is 28.9 Å². The molecule has 5 nitrogen and oxygen atoms in total. The summed E-state index contributed by atoms with van der Waals surface area (Å²) in [6.07, 6.45) is 4.88. The van der Waals surface area contributed by atoms with Gasteiger partial charge in [-0.2, -0.15) is 0 Å². The maximum atomic E-state index is 13.0. The van der Waals surface area contributed by atoms with Crippen LogP contribution in [0.4, 0.5) is 0 Å². The molecule has 0 fully saturated rings. The van der Waals surface area contributed by atoms with E-state index in [9.17, 15) is 9.59 Å². The molecule has 2 aromatic carbocycles. The molecule has 0 radical (unpaired) electrons. The first-order valence-corrected chi connectivity index (χ1v) is 10.2. The van der Waals surface area contributed by atoms with Gasteiger partial charge in [-0.15, -0.1) is 0 Å². The number of nitrogens with zero attached hydrogens (tertiary/aromatic N) is 2. The predicted octanol–water partition coefficient (Wildman–Crippen LogP) is 5.42. The minimum Gasteiger partial charge on any atom is -0.465 e. The van der Waals surface area contributed by atoms with Crippen molar-refractivity contribution in [1.82, 2.24) is 9.88 Å². The molecule has 0 aliphatic rings. The van der Waals surface area contributed by atoms with Crippen molar-refractivity contribution in [3.8, 4) is 0 Å². The lowest BCUT2D eigenvalue weighted by Crippen LogP contribution is -2.28. The molecule has 3 aromatic rings. The molecule has 0 N–H and O–H groups in total. The van der Waals surface area contributed by atoms with Gasteiger partial charge < -0.3 is 9.64 Å². The molecular weight excluding hydrogens is 435 g/mol. The number of hydrogen-bond donors (Lipinski definition) is 0. The fourth-order valence-electron chi connectivity index (χ4n) is 2.88. The lowest BCUT2D eigenvalue weighted by Gasteiger charge is -2.21. The van der Waals surface area contributed by atoms with Gasteiger partial charge in [-0.25, -0.2) is 4.79 Å². The van der Waals surface area contributed by atoms with Crippen LogP contribution in [0.5, 0.6) is 0 Å². The van der Waals surface area contributed by atoms with Gasteiger partial charge >= 0.3 is 5.97 Å². The molecule has 1 aromatic heterocycles. The third-order valence-corrected chi connectivity index (χ3v) is 5.24. The second-order valence-electron chi connectivity index (χ2n) is 6.71. The lowest BCUT2D eigenvalue weighted by molar-refractivity contribution is -0.127. The second-order valence-corrected chi connectivity index (χ2v) is 7.53. The maximum Gasteiger partial charge on any atom is 0.337 e. The van der Waals surface area contributed by atoms with Crippen molar-refractivity contribution in [3.05, 3.63) is 105 Å². The van der Waals surface area contributed by atoms with E-state index in [0.29, 0.717) is 28.7 Å². The molecule has 0 saturated carbocycles. The lowest BCUT2D eigenvalue weighted by atomic mass is 10.1. The predicted molar refractivity (Wildman–Crippen MR) is 122 cm³/mol. The summed E-state index contributed by atoms with van der Waals surface area (Å²) in [5, 5.41) is 0.897. The zero-order valence-electron chi connectivity index (χ0n) is 16.8. The van der Waals surface area contributed by atoms with E-state index in [1.165, 1.54) is 13.2 Å². The van der Waals surface area contributed by atoms with Crippen molar-refractivity contribution in [2.24, 2.45) is 0 Å². The summed E-state index contributed by atoms with van der Waals surface area (Å²) in [5.74, 6) is -0.594. The third kappa shape index (κ3) is 6.41. The molecule has 0 saturated heterocycles. The number of methoxy groups -OCH3 is 1. The highest BCUT2D eigenvalue weighted by atomic mass is 35.5. The van der Waals surface area contributed by atoms with E-state index in [0.717, 1.165) is 16.8 Å². The minimum atomic E-state index is -0.408. The van der Waals surface area contributed by atoms with Gasteiger partial charge in [0.2, 0.25) is 5.91 Å². The smallest absolute Gasteiger partial charge is 0.337 e. The number of hydrogen-bond acceptors (Lipinski definition) is 4. The Bertz CT molecular complexity index is 1080. The van der Waals surface area contributed by atoms with Crippen LogP contribution in [0.25, 0.3) is 6.08 Å². The molecule has 158 valence electrons. The Kier molecular flexibility index (Phi) is 7.82. The Labute approximate surface area is 190 Å². The van der Waals surface area contributed by atoms with Crippen LogP contribution < -0.4 is 0 Å². The Morgan fingerprint density at radius 1 is 1.00 bits per heavy atom. The fourth-order valence-corrected chi connectivity index (χ4v) is 3.20. The standard InChI is InChI=1S/C24H20Cl2N2O3/c1-31-24(30)19-9-5-17(6-10-19)8-12-23(29)28(16-20-4-2-3-13-27-20)15-18-7-11-21(25)22(26)14-18/h2-14H,15-16H2,1H3. The number of amides is 1. The molecule has 0 aliphatic heterocycles. The van der Waals surface area contributed by atoms with Gasteiger partial charge in [0.1, 0.15) is 0 Å². The molecule has 1 amide bonds. The van der Waals surface area contributed by atoms with Gasteiger partial charge in [0.05, 0.1) is 35.0 Å². The third-order valence-electron chi connectivity index (χ3n) is 4.50. The quantitative estimate of drug-likeness (QED) is 0.353. The van der Waals surface area contributed by atoms with E-state index in [-0.39, 0.29) is 5.91 Å². The molecule has 7 heteroatoms. The number of benzene rings is 2. The van der Waals surface area contributed by atoms with Crippen LogP contribution in [0.2, 0.25) is 10.0 Å². The highest BCUT2D eigenvalue weighted by molar-refractivity contribution is 6.42. The van der Waals surface area contributed by atoms with Gasteiger partial charge in [0.15, 0.2) is 0 Å². The first kappa shape index (κ1) is 22.5. The molecule has 0 atom stereocenters. The number of esters is 1. The summed E-state index contributed by atoms with van der Waals surface area (Å²) in [6, 6.07) is 17.7. The summed E-state index contributed by atoms with van der Waals surface area (Å²) in [5.41, 5.74) is 2.86. The number of carbonyl (C=O) groups is 2. The minimum absolute atomic E-state index is 0.186. The summed E-state index contributed by atoms with van der Waals surface area (Å²) in [7, 11) is 1.33. The highest BCUT2D eigenvalue weighted by Crippen LogP contribution is 2.23. The van der Waals surface area contributed by atoms with Crippen LogP contribution in [0, 0.1) is 0 Å². The molecular formula is C24H20Cl2N2O3. The van der Waals surface area contributed by atoms with Crippen molar-refractivity contribution in [3.63, 3.8) is 0 Å². The molecule has 0 bridgehead atoms. The SMILES string of the molecule is COC(=O)c1ccc(C=CC(=O)N(Cc2ccc(Cl)c(Cl)c2)Cc2ccccn2)cc1. The van der Waals surface area contributed by atoms with Crippen molar-refractivity contribution in [2.75, 3.05) is 7.11 Å². The zero-order valence-corrected chi connectivity index (χ0v) is 18.3. The average Bonchev–Trinajstić information content (AvgIpc) is 2.80. The summed E-state index contributed by atoms with van der Waals surface area (Å²) >= 11 is 12.1. The van der Waals surface area contributed by atoms with Gasteiger partial charge in [0, 0.05) is 18.8 Å². The van der Waals surface area contributed by atoms with Crippen molar-refractivity contribution < 1.29 is 14.3 Å². The number of halogens is 2. The van der Waals surface area contributed by atoms with Gasteiger partial charge in [-0.3, -0.25) is 9.78 Å². The number of ether oxygens (including phenoxy) is 1. The monoisotopic (exact) mass is 454 g/mol. The fraction of sp³-hybridized carbons (Fsp3) is 0.125. The van der Waals surface area contributed by atoms with Crippen LogP contribution >= 0.6 is 23.2 Å². The van der Waals surface area contributed by atoms with E-state index < -0.39 is 5.97 Å². The summed E-state index contributed by atoms with van der Waals surface area (Å²) in [4.78, 5) is 30.5. The summed E-state index contributed by atoms with van der Waals surface area (Å²) < 4.78 is 4.69. The Morgan fingerprint density at radius 3 is 2.42 bits per heavy atom. The largest absolute Gasteiger partial charge is 0.465 e. The van der Waals surface area contributed by atoms with E-state index in [1.54, 1.807) is 53.6 Å². The van der Waals surface area contributed by atoms with Crippen LogP contribution in [0.3, 0.4) is 0 Å². The van der Waals surface area contributed by atoms with Crippen LogP contribution in [-0.2, 0) is 22.6 Å². The highest BCUT2D eigenvalue weighted by Gasteiger charge is 2.14. The van der Waals surface area contributed by atoms with E-state index in [2.05, 4.69) is 4.98 Å². The number of pyridine rings is 1. The number of carbonyl (C=O) groups excluding carboxylic acids is 2. The van der Waals surface area contributed by atoms with Gasteiger partial charge in [-0.05, 0) is 53.6 Å².